The van der Waals surface area contributed by atoms with Gasteiger partial charge in [0.1, 0.15) is 6.29 Å². The molecule has 0 saturated heterocycles. The van der Waals surface area contributed by atoms with Crippen molar-refractivity contribution in [3.63, 3.8) is 0 Å². The van der Waals surface area contributed by atoms with E-state index >= 15 is 0 Å². The quantitative estimate of drug-likeness (QED) is 0.568. The molecular formula is C9H10O2S. The molecule has 1 heterocycles. The topological polar surface area (TPSA) is 37.3 Å². The molecule has 1 N–H and O–H groups in total. The van der Waals surface area contributed by atoms with Gasteiger partial charge in [-0.1, -0.05) is 6.07 Å². The minimum Gasteiger partial charge on any atom is -0.396 e. The highest BCUT2D eigenvalue weighted by atomic mass is 32.1. The number of rotatable bonds is 4. The molecule has 1 rings (SSSR count). The first-order chi connectivity index (χ1) is 5.88. The molecule has 0 aliphatic carbocycles. The van der Waals surface area contributed by atoms with Crippen molar-refractivity contribution in [2.24, 2.45) is 0 Å². The van der Waals surface area contributed by atoms with Crippen LogP contribution < -0.4 is 0 Å². The lowest BCUT2D eigenvalue weighted by Gasteiger charge is -1.99. The number of aliphatic hydroxyl groups excluding tert-OH is 1. The highest BCUT2D eigenvalue weighted by Crippen LogP contribution is 2.21. The predicted molar refractivity (Wildman–Crippen MR) is 50.1 cm³/mol. The van der Waals surface area contributed by atoms with E-state index in [4.69, 9.17) is 5.11 Å². The molecule has 0 unspecified atom stereocenters. The number of aliphatic hydroxyl groups is 1. The smallest absolute Gasteiger partial charge is 0.143 e. The van der Waals surface area contributed by atoms with Crippen LogP contribution in [0.3, 0.4) is 0 Å². The van der Waals surface area contributed by atoms with Gasteiger partial charge in [0.25, 0.3) is 0 Å². The molecule has 2 nitrogen and oxygen atoms in total. The number of carbonyl (C=O) groups is 1. The van der Waals surface area contributed by atoms with Crippen molar-refractivity contribution in [3.05, 3.63) is 28.5 Å². The number of hydrogen-bond acceptors (Lipinski definition) is 3. The summed E-state index contributed by atoms with van der Waals surface area (Å²) < 4.78 is 0. The minimum atomic E-state index is 0.0809. The summed E-state index contributed by atoms with van der Waals surface area (Å²) in [5.41, 5.74) is 0.905. The lowest BCUT2D eigenvalue weighted by molar-refractivity contribution is -0.104. The fourth-order valence-corrected chi connectivity index (χ4v) is 1.73. The van der Waals surface area contributed by atoms with Crippen molar-refractivity contribution in [1.29, 1.82) is 0 Å². The first-order valence-corrected chi connectivity index (χ1v) is 4.55. The Morgan fingerprint density at radius 3 is 3.00 bits per heavy atom. The van der Waals surface area contributed by atoms with Gasteiger partial charge in [-0.25, -0.2) is 0 Å². The third-order valence-corrected chi connectivity index (χ3v) is 2.43. The van der Waals surface area contributed by atoms with E-state index in [0.29, 0.717) is 6.42 Å². The van der Waals surface area contributed by atoms with Gasteiger partial charge >= 0.3 is 0 Å². The highest BCUT2D eigenvalue weighted by Gasteiger charge is 2.00. The van der Waals surface area contributed by atoms with Crippen LogP contribution in [0.4, 0.5) is 0 Å². The van der Waals surface area contributed by atoms with Crippen LogP contribution in [0.25, 0.3) is 5.57 Å². The Morgan fingerprint density at radius 1 is 1.67 bits per heavy atom. The first kappa shape index (κ1) is 9.16. The maximum absolute atomic E-state index is 10.2. The fourth-order valence-electron chi connectivity index (χ4n) is 0.953. The zero-order valence-electron chi connectivity index (χ0n) is 6.56. The van der Waals surface area contributed by atoms with Crippen LogP contribution in [-0.4, -0.2) is 18.0 Å². The Labute approximate surface area is 75.2 Å². The Hall–Kier alpha value is -0.930. The summed E-state index contributed by atoms with van der Waals surface area (Å²) in [6.07, 6.45) is 2.80. The van der Waals surface area contributed by atoms with Gasteiger partial charge in [-0.2, -0.15) is 0 Å². The van der Waals surface area contributed by atoms with Crippen molar-refractivity contribution >= 4 is 23.2 Å². The number of carbonyl (C=O) groups excluding carboxylic acids is 1. The molecular weight excluding hydrogens is 172 g/mol. The van der Waals surface area contributed by atoms with Gasteiger partial charge < -0.3 is 5.11 Å². The van der Waals surface area contributed by atoms with Gasteiger partial charge in [0, 0.05) is 11.5 Å². The lowest BCUT2D eigenvalue weighted by atomic mass is 10.1. The first-order valence-electron chi connectivity index (χ1n) is 3.67. The molecule has 64 valence electrons. The van der Waals surface area contributed by atoms with Gasteiger partial charge in [0.2, 0.25) is 0 Å². The average molecular weight is 182 g/mol. The van der Waals surface area contributed by atoms with Crippen molar-refractivity contribution in [2.45, 2.75) is 6.42 Å². The minimum absolute atomic E-state index is 0.0809. The normalized spacial score (nSPS) is 11.6. The molecule has 12 heavy (non-hydrogen) atoms. The molecule has 0 amide bonds. The number of aldehydes is 1. The molecule has 0 aliphatic rings. The third kappa shape index (κ3) is 2.29. The molecule has 1 aromatic heterocycles. The Balaban J connectivity index is 2.80. The molecule has 0 saturated carbocycles. The Bertz CT molecular complexity index is 262. The van der Waals surface area contributed by atoms with Crippen LogP contribution in [0.1, 0.15) is 11.3 Å². The van der Waals surface area contributed by atoms with Crippen molar-refractivity contribution in [3.8, 4) is 0 Å². The number of allylic oxidation sites excluding steroid dienone is 1. The van der Waals surface area contributed by atoms with E-state index in [2.05, 4.69) is 0 Å². The van der Waals surface area contributed by atoms with E-state index in [9.17, 15) is 4.79 Å². The van der Waals surface area contributed by atoms with E-state index in [1.807, 2.05) is 17.5 Å². The second-order valence-electron chi connectivity index (χ2n) is 2.28. The maximum atomic E-state index is 10.2. The molecule has 0 radical (unpaired) electrons. The highest BCUT2D eigenvalue weighted by molar-refractivity contribution is 7.11. The molecule has 0 fully saturated rings. The summed E-state index contributed by atoms with van der Waals surface area (Å²) in [7, 11) is 0. The van der Waals surface area contributed by atoms with Crippen LogP contribution in [-0.2, 0) is 4.79 Å². The standard InChI is InChI=1S/C9H10O2S/c10-5-3-8(4-6-11)9-2-1-7-12-9/h1-3,5,7,11H,4,6H2/b8-3-. The summed E-state index contributed by atoms with van der Waals surface area (Å²) in [5, 5.41) is 10.7. The largest absolute Gasteiger partial charge is 0.396 e. The molecule has 1 aromatic rings. The van der Waals surface area contributed by atoms with E-state index in [-0.39, 0.29) is 6.61 Å². The van der Waals surface area contributed by atoms with Gasteiger partial charge in [-0.15, -0.1) is 11.3 Å². The van der Waals surface area contributed by atoms with Gasteiger partial charge in [-0.3, -0.25) is 4.79 Å². The van der Waals surface area contributed by atoms with Crippen LogP contribution in [0, 0.1) is 0 Å². The predicted octanol–water partition coefficient (Wildman–Crippen LogP) is 1.71. The Morgan fingerprint density at radius 2 is 2.50 bits per heavy atom. The third-order valence-electron chi connectivity index (χ3n) is 1.49. The summed E-state index contributed by atoms with van der Waals surface area (Å²) in [6, 6.07) is 3.87. The van der Waals surface area contributed by atoms with Gasteiger partial charge in [0.05, 0.1) is 0 Å². The maximum Gasteiger partial charge on any atom is 0.143 e. The van der Waals surface area contributed by atoms with E-state index in [1.54, 1.807) is 11.3 Å². The van der Waals surface area contributed by atoms with Gasteiger partial charge in [-0.05, 0) is 29.5 Å². The van der Waals surface area contributed by atoms with E-state index in [1.165, 1.54) is 6.08 Å². The van der Waals surface area contributed by atoms with Crippen molar-refractivity contribution < 1.29 is 9.90 Å². The zero-order valence-corrected chi connectivity index (χ0v) is 7.38. The van der Waals surface area contributed by atoms with Gasteiger partial charge in [0.15, 0.2) is 0 Å². The van der Waals surface area contributed by atoms with Crippen LogP contribution >= 0.6 is 11.3 Å². The number of hydrogen-bond donors (Lipinski definition) is 1. The SMILES string of the molecule is O=C/C=C(/CCO)c1cccs1. The molecule has 0 spiro atoms. The van der Waals surface area contributed by atoms with Crippen molar-refractivity contribution in [2.75, 3.05) is 6.61 Å². The second kappa shape index (κ2) is 4.85. The monoisotopic (exact) mass is 182 g/mol. The summed E-state index contributed by atoms with van der Waals surface area (Å²) in [5.74, 6) is 0. The summed E-state index contributed by atoms with van der Waals surface area (Å²) in [6.45, 7) is 0.0809. The van der Waals surface area contributed by atoms with Crippen LogP contribution in [0.2, 0.25) is 0 Å². The fraction of sp³-hybridized carbons (Fsp3) is 0.222. The Kier molecular flexibility index (Phi) is 3.70. The summed E-state index contributed by atoms with van der Waals surface area (Å²) in [4.78, 5) is 11.3. The summed E-state index contributed by atoms with van der Waals surface area (Å²) >= 11 is 1.57. The lowest BCUT2D eigenvalue weighted by Crippen LogP contribution is -1.86. The van der Waals surface area contributed by atoms with E-state index in [0.717, 1.165) is 16.7 Å². The number of thiophene rings is 1. The van der Waals surface area contributed by atoms with Crippen molar-refractivity contribution in [1.82, 2.24) is 0 Å². The molecule has 0 bridgehead atoms. The average Bonchev–Trinajstić information content (AvgIpc) is 2.56. The molecule has 0 atom stereocenters. The molecule has 0 aliphatic heterocycles. The molecule has 0 aromatic carbocycles. The van der Waals surface area contributed by atoms with Crippen LogP contribution in [0.5, 0.6) is 0 Å². The van der Waals surface area contributed by atoms with E-state index < -0.39 is 0 Å². The zero-order chi connectivity index (χ0) is 8.81. The van der Waals surface area contributed by atoms with Crippen LogP contribution in [0.15, 0.2) is 23.6 Å². The molecule has 3 heteroatoms. The second-order valence-corrected chi connectivity index (χ2v) is 3.23.